The minimum atomic E-state index is -3.86. The van der Waals surface area contributed by atoms with Crippen molar-refractivity contribution in [2.24, 2.45) is 0 Å². The highest BCUT2D eigenvalue weighted by atomic mass is 35.5. The normalized spacial score (nSPS) is 11.6. The Kier molecular flexibility index (Phi) is 6.74. The molecule has 3 aromatic rings. The average molecular weight is 454 g/mol. The van der Waals surface area contributed by atoms with Gasteiger partial charge in [0.25, 0.3) is 0 Å². The van der Waals surface area contributed by atoms with Gasteiger partial charge in [-0.1, -0.05) is 17.7 Å². The Morgan fingerprint density at radius 1 is 1.28 bits per heavy atom. The maximum atomic E-state index is 13.2. The van der Waals surface area contributed by atoms with E-state index in [0.717, 1.165) is 28.9 Å². The van der Waals surface area contributed by atoms with Crippen molar-refractivity contribution in [1.82, 2.24) is 14.7 Å². The van der Waals surface area contributed by atoms with Crippen LogP contribution in [0, 0.1) is 12.7 Å². The van der Waals surface area contributed by atoms with Crippen LogP contribution in [0.4, 0.5) is 4.39 Å². The molecule has 0 radical (unpaired) electrons. The molecule has 152 valence electrons. The van der Waals surface area contributed by atoms with Crippen LogP contribution < -0.4 is 4.72 Å². The van der Waals surface area contributed by atoms with Crippen molar-refractivity contribution in [2.75, 3.05) is 0 Å². The summed E-state index contributed by atoms with van der Waals surface area (Å²) in [5, 5.41) is 2.57. The van der Waals surface area contributed by atoms with Gasteiger partial charge in [0.2, 0.25) is 10.0 Å². The molecule has 1 N–H and O–H groups in total. The van der Waals surface area contributed by atoms with Crippen LogP contribution in [0.2, 0.25) is 5.02 Å². The van der Waals surface area contributed by atoms with Crippen LogP contribution in [0.1, 0.15) is 33.2 Å². The van der Waals surface area contributed by atoms with Crippen molar-refractivity contribution in [1.29, 1.82) is 0 Å². The van der Waals surface area contributed by atoms with Crippen LogP contribution in [-0.2, 0) is 23.0 Å². The molecule has 0 aliphatic rings. The topological polar surface area (TPSA) is 89.0 Å². The Labute approximate surface area is 176 Å². The number of pyridine rings is 1. The van der Waals surface area contributed by atoms with Gasteiger partial charge in [0, 0.05) is 36.7 Å². The minimum Gasteiger partial charge on any atom is -0.292 e. The van der Waals surface area contributed by atoms with Crippen molar-refractivity contribution >= 4 is 38.7 Å². The molecule has 29 heavy (non-hydrogen) atoms. The number of ketones is 1. The number of sulfonamides is 1. The minimum absolute atomic E-state index is 0.0306. The summed E-state index contributed by atoms with van der Waals surface area (Å²) in [5.41, 5.74) is 1.83. The number of aryl methyl sites for hydroxylation is 2. The van der Waals surface area contributed by atoms with E-state index in [1.54, 1.807) is 12.1 Å². The highest BCUT2D eigenvalue weighted by Gasteiger charge is 2.16. The summed E-state index contributed by atoms with van der Waals surface area (Å²) in [7, 11) is -3.86. The molecule has 6 nitrogen and oxygen atoms in total. The Hall–Kier alpha value is -2.20. The Bertz CT molecular complexity index is 1130. The first kappa shape index (κ1) is 21.5. The third kappa shape index (κ3) is 5.66. The van der Waals surface area contributed by atoms with E-state index in [9.17, 15) is 17.6 Å². The van der Waals surface area contributed by atoms with Gasteiger partial charge in [-0.25, -0.2) is 22.5 Å². The molecule has 0 saturated heterocycles. The van der Waals surface area contributed by atoms with Crippen LogP contribution in [0.25, 0.3) is 0 Å². The molecule has 0 bridgehead atoms. The fraction of sp³-hybridized carbons (Fsp3) is 0.211. The number of rotatable bonds is 8. The van der Waals surface area contributed by atoms with Crippen LogP contribution in [-0.4, -0.2) is 24.2 Å². The summed E-state index contributed by atoms with van der Waals surface area (Å²) in [6, 6.07) is 6.37. The van der Waals surface area contributed by atoms with Gasteiger partial charge >= 0.3 is 0 Å². The molecule has 3 rings (SSSR count). The Morgan fingerprint density at radius 2 is 2.07 bits per heavy atom. The highest BCUT2D eigenvalue weighted by Crippen LogP contribution is 2.19. The van der Waals surface area contributed by atoms with E-state index in [0.29, 0.717) is 24.1 Å². The molecule has 0 saturated carbocycles. The lowest BCUT2D eigenvalue weighted by Gasteiger charge is -2.08. The summed E-state index contributed by atoms with van der Waals surface area (Å²) in [6.45, 7) is 1.87. The molecule has 10 heteroatoms. The number of nitrogens with zero attached hydrogens (tertiary/aromatic N) is 2. The number of nitrogens with one attached hydrogen (secondary N) is 1. The fourth-order valence-corrected chi connectivity index (χ4v) is 4.53. The monoisotopic (exact) mass is 453 g/mol. The second kappa shape index (κ2) is 9.08. The fourth-order valence-electron chi connectivity index (χ4n) is 2.47. The molecule has 0 unspecified atom stereocenters. The second-order valence-corrected chi connectivity index (χ2v) is 9.37. The quantitative estimate of drug-likeness (QED) is 0.522. The maximum absolute atomic E-state index is 13.2. The number of aromatic nitrogens is 2. The first-order chi connectivity index (χ1) is 13.7. The summed E-state index contributed by atoms with van der Waals surface area (Å²) in [4.78, 5) is 20.6. The average Bonchev–Trinajstić information content (AvgIpc) is 3.12. The Morgan fingerprint density at radius 3 is 2.69 bits per heavy atom. The van der Waals surface area contributed by atoms with E-state index < -0.39 is 15.8 Å². The van der Waals surface area contributed by atoms with E-state index in [4.69, 9.17) is 11.6 Å². The van der Waals surface area contributed by atoms with Crippen molar-refractivity contribution < 1.29 is 17.6 Å². The molecule has 2 heterocycles. The summed E-state index contributed by atoms with van der Waals surface area (Å²) in [6.07, 6.45) is 2.30. The molecule has 0 aliphatic carbocycles. The van der Waals surface area contributed by atoms with Gasteiger partial charge in [-0.2, -0.15) is 0 Å². The lowest BCUT2D eigenvalue weighted by Crippen LogP contribution is -2.23. The molecule has 0 fully saturated rings. The maximum Gasteiger partial charge on any atom is 0.240 e. The van der Waals surface area contributed by atoms with Crippen molar-refractivity contribution in [3.63, 3.8) is 0 Å². The number of halogens is 2. The lowest BCUT2D eigenvalue weighted by molar-refractivity contribution is 0.0978. The molecule has 0 spiro atoms. The van der Waals surface area contributed by atoms with Gasteiger partial charge in [-0.3, -0.25) is 9.78 Å². The zero-order valence-corrected chi connectivity index (χ0v) is 17.7. The Balaban J connectivity index is 1.58. The molecule has 1 aromatic carbocycles. The second-order valence-electron chi connectivity index (χ2n) is 6.26. The molecular formula is C19H17ClFN3O3S2. The lowest BCUT2D eigenvalue weighted by atomic mass is 10.1. The van der Waals surface area contributed by atoms with E-state index in [2.05, 4.69) is 14.7 Å². The molecular weight excluding hydrogens is 437 g/mol. The van der Waals surface area contributed by atoms with Crippen LogP contribution >= 0.6 is 22.9 Å². The SMILES string of the molecule is Cc1csc(CCC(=O)c2ccc(CNS(=O)(=O)c3ccc(F)c(Cl)c3)cn2)n1. The van der Waals surface area contributed by atoms with Crippen LogP contribution in [0.5, 0.6) is 0 Å². The highest BCUT2D eigenvalue weighted by molar-refractivity contribution is 7.89. The van der Waals surface area contributed by atoms with Gasteiger partial charge in [0.15, 0.2) is 5.78 Å². The number of carbonyl (C=O) groups is 1. The third-order valence-corrected chi connectivity index (χ3v) is 6.73. The first-order valence-corrected chi connectivity index (χ1v) is 11.3. The number of carbonyl (C=O) groups excluding carboxylic acids is 1. The summed E-state index contributed by atoms with van der Waals surface area (Å²) < 4.78 is 40.2. The smallest absolute Gasteiger partial charge is 0.240 e. The van der Waals surface area contributed by atoms with Gasteiger partial charge in [0.05, 0.1) is 14.9 Å². The molecule has 0 amide bonds. The first-order valence-electron chi connectivity index (χ1n) is 8.58. The predicted octanol–water partition coefficient (Wildman–Crippen LogP) is 3.93. The van der Waals surface area contributed by atoms with E-state index in [1.165, 1.54) is 17.5 Å². The van der Waals surface area contributed by atoms with Gasteiger partial charge in [-0.05, 0) is 36.8 Å². The zero-order valence-electron chi connectivity index (χ0n) is 15.4. The molecule has 0 aliphatic heterocycles. The summed E-state index contributed by atoms with van der Waals surface area (Å²) >= 11 is 7.16. The number of hydrogen-bond acceptors (Lipinski definition) is 6. The number of Topliss-reactive ketones (excluding diaryl/α,β-unsaturated/α-hetero) is 1. The summed E-state index contributed by atoms with van der Waals surface area (Å²) in [5.74, 6) is -0.800. The predicted molar refractivity (Wildman–Crippen MR) is 109 cm³/mol. The number of thiazole rings is 1. The largest absolute Gasteiger partial charge is 0.292 e. The molecule has 0 atom stereocenters. The van der Waals surface area contributed by atoms with E-state index >= 15 is 0 Å². The van der Waals surface area contributed by atoms with Gasteiger partial charge in [0.1, 0.15) is 11.5 Å². The zero-order chi connectivity index (χ0) is 21.0. The van der Waals surface area contributed by atoms with E-state index in [-0.39, 0.29) is 22.2 Å². The van der Waals surface area contributed by atoms with Gasteiger partial charge in [-0.15, -0.1) is 11.3 Å². The number of hydrogen-bond donors (Lipinski definition) is 1. The van der Waals surface area contributed by atoms with Crippen molar-refractivity contribution in [3.05, 3.63) is 74.7 Å². The number of benzene rings is 1. The van der Waals surface area contributed by atoms with Gasteiger partial charge < -0.3 is 0 Å². The van der Waals surface area contributed by atoms with Crippen molar-refractivity contribution in [2.45, 2.75) is 31.2 Å². The molecule has 2 aromatic heterocycles. The van der Waals surface area contributed by atoms with Crippen molar-refractivity contribution in [3.8, 4) is 0 Å². The third-order valence-electron chi connectivity index (χ3n) is 4.01. The van der Waals surface area contributed by atoms with Crippen LogP contribution in [0.3, 0.4) is 0 Å². The standard InChI is InChI=1S/C19H17ClFN3O3S2/c1-12-11-28-19(24-12)7-6-18(25)17-5-2-13(9-22-17)10-23-29(26,27)14-3-4-16(21)15(20)8-14/h2-5,8-9,11,23H,6-7,10H2,1H3. The van der Waals surface area contributed by atoms with E-state index in [1.807, 2.05) is 12.3 Å². The van der Waals surface area contributed by atoms with Crippen LogP contribution in [0.15, 0.2) is 46.8 Å².